The van der Waals surface area contributed by atoms with Crippen LogP contribution < -0.4 is 0 Å². The quantitative estimate of drug-likeness (QED) is 0.306. The number of carbonyl (C=O) groups is 2. The minimum atomic E-state index is -0.523. The third-order valence-electron chi connectivity index (χ3n) is 10.6. The predicted octanol–water partition coefficient (Wildman–Crippen LogP) is 9.71. The molecule has 2 aliphatic carbocycles. The zero-order valence-electron chi connectivity index (χ0n) is 30.5. The molecule has 4 aliphatic heterocycles. The van der Waals surface area contributed by atoms with Gasteiger partial charge in [0.25, 0.3) is 0 Å². The average Bonchev–Trinajstić information content (AvgIpc) is 3.93. The van der Waals surface area contributed by atoms with Gasteiger partial charge in [-0.25, -0.2) is 9.59 Å². The Balaban J connectivity index is 0.971. The first-order valence-electron chi connectivity index (χ1n) is 18.3. The molecule has 268 valence electrons. The lowest BCUT2D eigenvalue weighted by Crippen LogP contribution is -2.42. The highest BCUT2D eigenvalue weighted by Crippen LogP contribution is 2.58. The molecule has 4 heterocycles. The molecule has 1 saturated carbocycles. The van der Waals surface area contributed by atoms with Crippen molar-refractivity contribution in [1.29, 1.82) is 0 Å². The average molecular weight is 725 g/mol. The Morgan fingerprint density at radius 1 is 0.667 bits per heavy atom. The van der Waals surface area contributed by atoms with E-state index in [4.69, 9.17) is 19.5 Å². The zero-order chi connectivity index (χ0) is 35.7. The Kier molecular flexibility index (Phi) is 8.93. The van der Waals surface area contributed by atoms with Crippen LogP contribution in [0.1, 0.15) is 108 Å². The number of allylic oxidation sites excluding steroid dienone is 2. The molecule has 2 saturated heterocycles. The Labute approximate surface area is 310 Å². The molecule has 0 N–H and O–H groups in total. The van der Waals surface area contributed by atoms with Crippen molar-refractivity contribution in [3.05, 3.63) is 71.1 Å². The minimum absolute atomic E-state index is 0.0758. The van der Waals surface area contributed by atoms with Gasteiger partial charge in [-0.15, -0.1) is 23.5 Å². The molecule has 2 aromatic rings. The first-order chi connectivity index (χ1) is 24.3. The number of rotatable bonds is 5. The molecule has 2 unspecified atom stereocenters. The number of carbonyl (C=O) groups excluding carboxylic acids is 2. The standard InChI is InChI=1S/C41H48N4O4S2/c1-40(2,3)48-38(46)44-15-17-50-36(44)32-20-28(22-42-32)24-7-9-25(10-8-24)30-13-14-31(35-27-12-11-26(19-27)34(30)35)29-21-33(43-23-29)37-45(16-18-51-37)39(47)49-41(4,5)6/h7-10,13-14,22-23,26-27,36-37H,11-12,15-21H2,1-6H3/t26?,27?,36-,37-/m0/s1. The van der Waals surface area contributed by atoms with Crippen molar-refractivity contribution in [1.82, 2.24) is 9.80 Å². The van der Waals surface area contributed by atoms with Gasteiger partial charge >= 0.3 is 12.2 Å². The molecular weight excluding hydrogens is 677 g/mol. The van der Waals surface area contributed by atoms with Crippen molar-refractivity contribution < 1.29 is 19.1 Å². The van der Waals surface area contributed by atoms with E-state index in [0.29, 0.717) is 24.9 Å². The Morgan fingerprint density at radius 3 is 1.69 bits per heavy atom. The van der Waals surface area contributed by atoms with Crippen LogP contribution in [0.4, 0.5) is 9.59 Å². The highest BCUT2D eigenvalue weighted by Gasteiger charge is 2.42. The fraction of sp³-hybridized carbons (Fsp3) is 0.512. The summed E-state index contributed by atoms with van der Waals surface area (Å²) in [6, 6.07) is 13.7. The molecule has 4 atom stereocenters. The van der Waals surface area contributed by atoms with Crippen molar-refractivity contribution in [3.63, 3.8) is 0 Å². The summed E-state index contributed by atoms with van der Waals surface area (Å²) in [4.78, 5) is 39.3. The van der Waals surface area contributed by atoms with Gasteiger partial charge in [0.1, 0.15) is 21.9 Å². The summed E-state index contributed by atoms with van der Waals surface area (Å²) < 4.78 is 11.4. The topological polar surface area (TPSA) is 83.8 Å². The van der Waals surface area contributed by atoms with E-state index in [1.54, 1.807) is 23.5 Å². The van der Waals surface area contributed by atoms with Gasteiger partial charge in [0.15, 0.2) is 0 Å². The monoisotopic (exact) mass is 724 g/mol. The van der Waals surface area contributed by atoms with E-state index in [9.17, 15) is 9.59 Å². The number of hydrogen-bond acceptors (Lipinski definition) is 8. The number of ether oxygens (including phenoxy) is 2. The fourth-order valence-corrected chi connectivity index (χ4v) is 10.9. The van der Waals surface area contributed by atoms with Crippen molar-refractivity contribution in [2.24, 2.45) is 9.98 Å². The number of amides is 2. The third kappa shape index (κ3) is 6.78. The Bertz CT molecular complexity index is 1880. The van der Waals surface area contributed by atoms with Crippen molar-refractivity contribution in [2.75, 3.05) is 24.6 Å². The summed E-state index contributed by atoms with van der Waals surface area (Å²) in [5.41, 5.74) is 11.6. The van der Waals surface area contributed by atoms with Crippen LogP contribution in [0.3, 0.4) is 0 Å². The van der Waals surface area contributed by atoms with E-state index in [1.807, 2.05) is 57.5 Å². The van der Waals surface area contributed by atoms with Gasteiger partial charge in [-0.1, -0.05) is 36.4 Å². The number of nitrogens with zero attached hydrogens (tertiary/aromatic N) is 4. The maximum Gasteiger partial charge on any atom is 0.411 e. The molecule has 0 radical (unpaired) electrons. The molecule has 51 heavy (non-hydrogen) atoms. The van der Waals surface area contributed by atoms with Crippen LogP contribution in [0, 0.1) is 0 Å². The summed E-state index contributed by atoms with van der Waals surface area (Å²) in [6.07, 6.45) is 8.75. The second-order valence-corrected chi connectivity index (χ2v) is 18.8. The fourth-order valence-electron chi connectivity index (χ4n) is 8.46. The van der Waals surface area contributed by atoms with Crippen molar-refractivity contribution in [2.45, 2.75) is 107 Å². The number of aliphatic imine (C=N–C) groups is 2. The van der Waals surface area contributed by atoms with Crippen LogP contribution in [0.15, 0.2) is 58.8 Å². The largest absolute Gasteiger partial charge is 0.444 e. The number of benzene rings is 2. The van der Waals surface area contributed by atoms with E-state index < -0.39 is 11.2 Å². The molecule has 0 aromatic heterocycles. The van der Waals surface area contributed by atoms with Crippen molar-refractivity contribution >= 4 is 58.3 Å². The Hall–Kier alpha value is -3.50. The molecule has 8 nitrogen and oxygen atoms in total. The van der Waals surface area contributed by atoms with Crippen LogP contribution in [0.5, 0.6) is 0 Å². The lowest BCUT2D eigenvalue weighted by molar-refractivity contribution is 0.0274. The van der Waals surface area contributed by atoms with Gasteiger partial charge in [0, 0.05) is 49.8 Å². The normalized spacial score (nSPS) is 25.5. The van der Waals surface area contributed by atoms with Crippen LogP contribution >= 0.6 is 23.5 Å². The SMILES string of the molecule is CC(C)(C)OC(=O)N1CCS[C@H]1C1=NC=C(c2ccc(-c3ccc(C4=CN=C([C@@H]5SCCN5C(=O)OC(C)(C)C)C4)c4c3C3CCC4C3)cc2)C1. The van der Waals surface area contributed by atoms with Crippen LogP contribution in [0.2, 0.25) is 0 Å². The summed E-state index contributed by atoms with van der Waals surface area (Å²) >= 11 is 3.55. The molecule has 2 aromatic carbocycles. The Morgan fingerprint density at radius 2 is 1.14 bits per heavy atom. The van der Waals surface area contributed by atoms with Gasteiger partial charge in [0.05, 0.1) is 11.4 Å². The maximum atomic E-state index is 13.0. The van der Waals surface area contributed by atoms with Crippen LogP contribution in [-0.2, 0) is 9.47 Å². The number of hydrogen-bond donors (Lipinski definition) is 0. The summed E-state index contributed by atoms with van der Waals surface area (Å²) in [5.74, 6) is 2.97. The second kappa shape index (κ2) is 13.2. The maximum absolute atomic E-state index is 13.0. The van der Waals surface area contributed by atoms with Crippen molar-refractivity contribution in [3.8, 4) is 11.1 Å². The predicted molar refractivity (Wildman–Crippen MR) is 210 cm³/mol. The van der Waals surface area contributed by atoms with E-state index >= 15 is 0 Å². The summed E-state index contributed by atoms with van der Waals surface area (Å²) in [7, 11) is 0. The van der Waals surface area contributed by atoms with E-state index in [0.717, 1.165) is 35.8 Å². The van der Waals surface area contributed by atoms with E-state index in [2.05, 4.69) is 42.6 Å². The highest BCUT2D eigenvalue weighted by molar-refractivity contribution is 8.01. The molecule has 10 heteroatoms. The number of thioether (sulfide) groups is 2. The van der Waals surface area contributed by atoms with E-state index in [1.165, 1.54) is 63.8 Å². The lowest BCUT2D eigenvalue weighted by atomic mass is 9.81. The second-order valence-electron chi connectivity index (χ2n) is 16.5. The van der Waals surface area contributed by atoms with Gasteiger partial charge in [-0.05, 0) is 117 Å². The van der Waals surface area contributed by atoms with Gasteiger partial charge < -0.3 is 9.47 Å². The molecule has 8 rings (SSSR count). The van der Waals surface area contributed by atoms with Crippen LogP contribution in [0.25, 0.3) is 22.3 Å². The third-order valence-corrected chi connectivity index (χ3v) is 13.1. The summed E-state index contributed by atoms with van der Waals surface area (Å²) in [5, 5.41) is -0.158. The zero-order valence-corrected chi connectivity index (χ0v) is 32.2. The first kappa shape index (κ1) is 34.6. The molecule has 6 aliphatic rings. The van der Waals surface area contributed by atoms with Gasteiger partial charge in [0.2, 0.25) is 0 Å². The molecule has 0 spiro atoms. The van der Waals surface area contributed by atoms with Gasteiger partial charge in [-0.3, -0.25) is 19.8 Å². The molecular formula is C41H48N4O4S2. The number of fused-ring (bicyclic) bond motifs is 5. The first-order valence-corrected chi connectivity index (χ1v) is 20.4. The smallest absolute Gasteiger partial charge is 0.411 e. The highest BCUT2D eigenvalue weighted by atomic mass is 32.2. The lowest BCUT2D eigenvalue weighted by Gasteiger charge is -2.28. The molecule has 3 fully saturated rings. The van der Waals surface area contributed by atoms with Crippen LogP contribution in [-0.4, -0.2) is 80.0 Å². The molecule has 2 amide bonds. The summed E-state index contributed by atoms with van der Waals surface area (Å²) in [6.45, 7) is 12.8. The minimum Gasteiger partial charge on any atom is -0.444 e. The van der Waals surface area contributed by atoms with Gasteiger partial charge in [-0.2, -0.15) is 0 Å². The van der Waals surface area contributed by atoms with E-state index in [-0.39, 0.29) is 22.9 Å². The molecule has 2 bridgehead atoms.